The fourth-order valence-corrected chi connectivity index (χ4v) is 1.05. The number of pyridine rings is 1. The van der Waals surface area contributed by atoms with Gasteiger partial charge < -0.3 is 10.0 Å². The number of rotatable bonds is 3. The van der Waals surface area contributed by atoms with Crippen LogP contribution in [0.2, 0.25) is 0 Å². The number of aromatic nitrogens is 1. The van der Waals surface area contributed by atoms with Gasteiger partial charge in [-0.3, -0.25) is 4.98 Å². The third-order valence-corrected chi connectivity index (χ3v) is 2.11. The number of anilines is 1. The minimum atomic E-state index is -0.485. The van der Waals surface area contributed by atoms with Crippen LogP contribution in [0.15, 0.2) is 18.3 Å². The molecule has 0 amide bonds. The predicted octanol–water partition coefficient (Wildman–Crippen LogP) is 1.59. The summed E-state index contributed by atoms with van der Waals surface area (Å²) >= 11 is 0. The first kappa shape index (κ1) is 9.99. The SMILES string of the molecule is CCN(C)c1ccc([C@@H](C)O)nc1. The standard InChI is InChI=1S/C10H16N2O/c1-4-12(3)9-5-6-10(8(2)13)11-7-9/h5-8,13H,4H2,1-3H3/t8-/m1/s1. The smallest absolute Gasteiger partial charge is 0.0931 e. The molecule has 0 spiro atoms. The summed E-state index contributed by atoms with van der Waals surface area (Å²) in [6, 6.07) is 3.82. The zero-order chi connectivity index (χ0) is 9.84. The minimum absolute atomic E-state index is 0.485. The minimum Gasteiger partial charge on any atom is -0.387 e. The van der Waals surface area contributed by atoms with Crippen molar-refractivity contribution < 1.29 is 5.11 Å². The summed E-state index contributed by atoms with van der Waals surface area (Å²) < 4.78 is 0. The van der Waals surface area contributed by atoms with Crippen molar-refractivity contribution >= 4 is 5.69 Å². The first-order valence-electron chi connectivity index (χ1n) is 4.50. The molecule has 3 nitrogen and oxygen atoms in total. The van der Waals surface area contributed by atoms with Gasteiger partial charge in [-0.25, -0.2) is 0 Å². The van der Waals surface area contributed by atoms with E-state index < -0.39 is 6.10 Å². The highest BCUT2D eigenvalue weighted by molar-refractivity contribution is 5.43. The molecule has 13 heavy (non-hydrogen) atoms. The first-order chi connectivity index (χ1) is 6.15. The molecule has 0 saturated heterocycles. The third-order valence-electron chi connectivity index (χ3n) is 2.11. The maximum Gasteiger partial charge on any atom is 0.0931 e. The Bertz CT molecular complexity index is 256. The lowest BCUT2D eigenvalue weighted by Gasteiger charge is -2.16. The molecular weight excluding hydrogens is 164 g/mol. The Morgan fingerprint density at radius 1 is 1.54 bits per heavy atom. The van der Waals surface area contributed by atoms with Gasteiger partial charge in [0.1, 0.15) is 0 Å². The lowest BCUT2D eigenvalue weighted by molar-refractivity contribution is 0.194. The summed E-state index contributed by atoms with van der Waals surface area (Å²) in [5.41, 5.74) is 1.79. The summed E-state index contributed by atoms with van der Waals surface area (Å²) in [4.78, 5) is 6.25. The maximum atomic E-state index is 9.23. The van der Waals surface area contributed by atoms with E-state index in [2.05, 4.69) is 16.8 Å². The van der Waals surface area contributed by atoms with Crippen molar-refractivity contribution in [1.82, 2.24) is 4.98 Å². The van der Waals surface area contributed by atoms with E-state index in [1.807, 2.05) is 19.2 Å². The Labute approximate surface area is 79.0 Å². The summed E-state index contributed by atoms with van der Waals surface area (Å²) in [5.74, 6) is 0. The number of hydrogen-bond acceptors (Lipinski definition) is 3. The second kappa shape index (κ2) is 4.23. The molecule has 0 bridgehead atoms. The molecule has 1 rings (SSSR count). The van der Waals surface area contributed by atoms with E-state index in [1.165, 1.54) is 0 Å². The van der Waals surface area contributed by atoms with E-state index in [9.17, 15) is 5.11 Å². The van der Waals surface area contributed by atoms with Crippen molar-refractivity contribution in [1.29, 1.82) is 0 Å². The molecule has 0 fully saturated rings. The van der Waals surface area contributed by atoms with Gasteiger partial charge in [0.25, 0.3) is 0 Å². The molecule has 0 aromatic carbocycles. The Balaban J connectivity index is 2.81. The van der Waals surface area contributed by atoms with Gasteiger partial charge in [-0.2, -0.15) is 0 Å². The fraction of sp³-hybridized carbons (Fsp3) is 0.500. The van der Waals surface area contributed by atoms with Crippen molar-refractivity contribution in [2.75, 3.05) is 18.5 Å². The molecule has 1 atom stereocenters. The summed E-state index contributed by atoms with van der Waals surface area (Å²) in [6.45, 7) is 4.75. The van der Waals surface area contributed by atoms with Crippen LogP contribution in [0.1, 0.15) is 25.6 Å². The van der Waals surface area contributed by atoms with Crippen LogP contribution in [-0.4, -0.2) is 23.7 Å². The molecule has 0 aliphatic carbocycles. The monoisotopic (exact) mass is 180 g/mol. The third kappa shape index (κ3) is 2.42. The van der Waals surface area contributed by atoms with E-state index >= 15 is 0 Å². The van der Waals surface area contributed by atoms with Gasteiger partial charge in [0, 0.05) is 13.6 Å². The van der Waals surface area contributed by atoms with Gasteiger partial charge in [-0.15, -0.1) is 0 Å². The Morgan fingerprint density at radius 3 is 2.62 bits per heavy atom. The zero-order valence-corrected chi connectivity index (χ0v) is 8.36. The highest BCUT2D eigenvalue weighted by atomic mass is 16.3. The normalized spacial score (nSPS) is 12.6. The van der Waals surface area contributed by atoms with Crippen molar-refractivity contribution in [3.05, 3.63) is 24.0 Å². The highest BCUT2D eigenvalue weighted by Crippen LogP contribution is 2.14. The molecule has 1 aromatic heterocycles. The molecule has 1 aromatic rings. The van der Waals surface area contributed by atoms with E-state index in [0.29, 0.717) is 5.69 Å². The largest absolute Gasteiger partial charge is 0.387 e. The predicted molar refractivity (Wildman–Crippen MR) is 53.8 cm³/mol. The molecule has 0 aliphatic heterocycles. The molecule has 72 valence electrons. The average molecular weight is 180 g/mol. The number of nitrogens with zero attached hydrogens (tertiary/aromatic N) is 2. The molecule has 0 radical (unpaired) electrons. The van der Waals surface area contributed by atoms with Crippen LogP contribution in [0, 0.1) is 0 Å². The van der Waals surface area contributed by atoms with Gasteiger partial charge in [0.2, 0.25) is 0 Å². The van der Waals surface area contributed by atoms with Crippen LogP contribution >= 0.6 is 0 Å². The van der Waals surface area contributed by atoms with Crippen LogP contribution in [0.3, 0.4) is 0 Å². The number of aliphatic hydroxyl groups excluding tert-OH is 1. The topological polar surface area (TPSA) is 36.4 Å². The van der Waals surface area contributed by atoms with Gasteiger partial charge >= 0.3 is 0 Å². The maximum absolute atomic E-state index is 9.23. The van der Waals surface area contributed by atoms with E-state index in [4.69, 9.17) is 0 Å². The zero-order valence-electron chi connectivity index (χ0n) is 8.36. The van der Waals surface area contributed by atoms with Crippen LogP contribution in [-0.2, 0) is 0 Å². The van der Waals surface area contributed by atoms with E-state index in [0.717, 1.165) is 12.2 Å². The van der Waals surface area contributed by atoms with Crippen LogP contribution in [0.4, 0.5) is 5.69 Å². The van der Waals surface area contributed by atoms with Crippen molar-refractivity contribution in [2.24, 2.45) is 0 Å². The average Bonchev–Trinajstić information content (AvgIpc) is 2.17. The van der Waals surface area contributed by atoms with Gasteiger partial charge in [0.15, 0.2) is 0 Å². The molecular formula is C10H16N2O. The molecule has 0 aliphatic rings. The Kier molecular flexibility index (Phi) is 3.25. The molecule has 1 heterocycles. The molecule has 1 N–H and O–H groups in total. The van der Waals surface area contributed by atoms with Gasteiger partial charge in [-0.1, -0.05) is 0 Å². The van der Waals surface area contributed by atoms with Gasteiger partial charge in [-0.05, 0) is 26.0 Å². The number of aliphatic hydroxyl groups is 1. The summed E-state index contributed by atoms with van der Waals surface area (Å²) in [5, 5.41) is 9.23. The highest BCUT2D eigenvalue weighted by Gasteiger charge is 2.03. The second-order valence-electron chi connectivity index (χ2n) is 3.13. The van der Waals surface area contributed by atoms with Crippen molar-refractivity contribution in [3.8, 4) is 0 Å². The first-order valence-corrected chi connectivity index (χ1v) is 4.50. The molecule has 0 saturated carbocycles. The van der Waals surface area contributed by atoms with Crippen molar-refractivity contribution in [2.45, 2.75) is 20.0 Å². The lowest BCUT2D eigenvalue weighted by atomic mass is 10.2. The second-order valence-corrected chi connectivity index (χ2v) is 3.13. The Hall–Kier alpha value is -1.09. The van der Waals surface area contributed by atoms with Crippen LogP contribution < -0.4 is 4.90 Å². The fourth-order valence-electron chi connectivity index (χ4n) is 1.05. The van der Waals surface area contributed by atoms with Crippen LogP contribution in [0.5, 0.6) is 0 Å². The lowest BCUT2D eigenvalue weighted by Crippen LogP contribution is -2.16. The molecule has 0 unspecified atom stereocenters. The van der Waals surface area contributed by atoms with Crippen molar-refractivity contribution in [3.63, 3.8) is 0 Å². The van der Waals surface area contributed by atoms with Crippen LogP contribution in [0.25, 0.3) is 0 Å². The number of hydrogen-bond donors (Lipinski definition) is 1. The summed E-state index contributed by atoms with van der Waals surface area (Å²) in [7, 11) is 2.01. The van der Waals surface area contributed by atoms with E-state index in [-0.39, 0.29) is 0 Å². The summed E-state index contributed by atoms with van der Waals surface area (Å²) in [6.07, 6.45) is 1.30. The quantitative estimate of drug-likeness (QED) is 0.767. The van der Waals surface area contributed by atoms with E-state index in [1.54, 1.807) is 13.1 Å². The Morgan fingerprint density at radius 2 is 2.23 bits per heavy atom. The van der Waals surface area contributed by atoms with Gasteiger partial charge in [0.05, 0.1) is 23.7 Å². The molecule has 3 heteroatoms.